The third-order valence-electron chi connectivity index (χ3n) is 7.31. The van der Waals surface area contributed by atoms with Gasteiger partial charge in [0.15, 0.2) is 24.9 Å². The van der Waals surface area contributed by atoms with Gasteiger partial charge in [-0.15, -0.1) is 0 Å². The highest BCUT2D eigenvalue weighted by atomic mass is 16.8. The highest BCUT2D eigenvalue weighted by Gasteiger charge is 2.54. The maximum atomic E-state index is 11.0. The van der Waals surface area contributed by atoms with Gasteiger partial charge in [0.1, 0.15) is 61.5 Å². The van der Waals surface area contributed by atoms with E-state index in [2.05, 4.69) is 0 Å². The van der Waals surface area contributed by atoms with E-state index in [4.69, 9.17) is 35.0 Å². The van der Waals surface area contributed by atoms with Crippen molar-refractivity contribution in [2.24, 2.45) is 11.8 Å². The van der Waals surface area contributed by atoms with E-state index in [0.29, 0.717) is 0 Å². The standard InChI is InChI=1S/C23H39O14/c1-4-5-32-23-20(37-22-18(31)17(30)15(28)12(7-25)34-22)19(16(29)13(8-26)35-23)36-21-14(27)10(3)9(2)11(6-24)33-21/h1,4,9-31H,5-8H2,2-3H3/q+1/t9-,10-,11-,12?,13-,14-,15-,16+,17-,18+,19?,20?,21?,22?,23?/m0/s1. The molecule has 8 N–H and O–H groups in total. The molecule has 3 heterocycles. The number of hydrogen-bond donors (Lipinski definition) is 8. The van der Waals surface area contributed by atoms with Gasteiger partial charge in [-0.05, 0) is 11.8 Å². The molecule has 214 valence electrons. The Labute approximate surface area is 214 Å². The molecular formula is C23H39O14+. The van der Waals surface area contributed by atoms with Gasteiger partial charge in [-0.3, -0.25) is 0 Å². The quantitative estimate of drug-likeness (QED) is 0.124. The smallest absolute Gasteiger partial charge is 0.204 e. The van der Waals surface area contributed by atoms with Crippen LogP contribution in [0, 0.1) is 18.4 Å². The lowest BCUT2D eigenvalue weighted by molar-refractivity contribution is -0.388. The van der Waals surface area contributed by atoms with Crippen LogP contribution in [0.1, 0.15) is 13.8 Å². The minimum atomic E-state index is -1.79. The van der Waals surface area contributed by atoms with Gasteiger partial charge >= 0.3 is 0 Å². The molecule has 0 aromatic rings. The van der Waals surface area contributed by atoms with E-state index < -0.39 is 93.1 Å². The Kier molecular flexibility index (Phi) is 11.1. The molecule has 14 heteroatoms. The molecule has 0 amide bonds. The highest BCUT2D eigenvalue weighted by molar-refractivity contribution is 4.96. The fraction of sp³-hybridized carbons (Fsp3) is 0.913. The van der Waals surface area contributed by atoms with Gasteiger partial charge in [0.05, 0.1) is 25.9 Å². The van der Waals surface area contributed by atoms with Crippen LogP contribution in [0.3, 0.4) is 0 Å². The number of aliphatic hydroxyl groups is 8. The first-order chi connectivity index (χ1) is 17.6. The lowest BCUT2D eigenvalue weighted by Crippen LogP contribution is -2.66. The predicted octanol–water partition coefficient (Wildman–Crippen LogP) is -4.01. The van der Waals surface area contributed by atoms with Crippen molar-refractivity contribution in [1.29, 1.82) is 0 Å². The first-order valence-corrected chi connectivity index (χ1v) is 12.2. The lowest BCUT2D eigenvalue weighted by Gasteiger charge is -2.49. The first kappa shape index (κ1) is 30.6. The molecule has 14 nitrogen and oxygen atoms in total. The van der Waals surface area contributed by atoms with Crippen LogP contribution in [-0.4, -0.2) is 147 Å². The van der Waals surface area contributed by atoms with Crippen LogP contribution in [0.15, 0.2) is 6.08 Å². The maximum absolute atomic E-state index is 11.0. The lowest BCUT2D eigenvalue weighted by atomic mass is 9.83. The summed E-state index contributed by atoms with van der Waals surface area (Å²) in [6, 6.07) is 0. The van der Waals surface area contributed by atoms with Crippen molar-refractivity contribution in [2.45, 2.75) is 93.8 Å². The highest BCUT2D eigenvalue weighted by Crippen LogP contribution is 2.36. The number of ether oxygens (including phenoxy) is 6. The van der Waals surface area contributed by atoms with E-state index >= 15 is 0 Å². The second-order valence-electron chi connectivity index (χ2n) is 9.62. The monoisotopic (exact) mass is 539 g/mol. The van der Waals surface area contributed by atoms with Gasteiger partial charge in [0.2, 0.25) is 6.58 Å². The molecule has 0 radical (unpaired) electrons. The van der Waals surface area contributed by atoms with Crippen molar-refractivity contribution in [3.63, 3.8) is 0 Å². The maximum Gasteiger partial charge on any atom is 0.204 e. The molecular weight excluding hydrogens is 500 g/mol. The molecule has 3 saturated heterocycles. The van der Waals surface area contributed by atoms with E-state index in [1.54, 1.807) is 13.8 Å². The molecule has 37 heavy (non-hydrogen) atoms. The summed E-state index contributed by atoms with van der Waals surface area (Å²) in [5.41, 5.74) is 0. The zero-order valence-corrected chi connectivity index (χ0v) is 20.7. The summed E-state index contributed by atoms with van der Waals surface area (Å²) < 4.78 is 34.2. The molecule has 6 unspecified atom stereocenters. The summed E-state index contributed by atoms with van der Waals surface area (Å²) in [7, 11) is 0. The van der Waals surface area contributed by atoms with Crippen molar-refractivity contribution in [1.82, 2.24) is 0 Å². The molecule has 0 aliphatic carbocycles. The Bertz CT molecular complexity index is 709. The van der Waals surface area contributed by atoms with E-state index in [9.17, 15) is 40.9 Å². The molecule has 3 rings (SSSR count). The van der Waals surface area contributed by atoms with Crippen molar-refractivity contribution in [3.8, 4) is 0 Å². The van der Waals surface area contributed by atoms with Gasteiger partial charge in [0, 0.05) is 0 Å². The molecule has 0 aromatic heterocycles. The molecule has 0 aromatic carbocycles. The van der Waals surface area contributed by atoms with Gasteiger partial charge in [0.25, 0.3) is 0 Å². The summed E-state index contributed by atoms with van der Waals surface area (Å²) in [6.45, 7) is 7.09. The summed E-state index contributed by atoms with van der Waals surface area (Å²) in [5.74, 6) is -0.591. The van der Waals surface area contributed by atoms with Crippen molar-refractivity contribution in [3.05, 3.63) is 12.7 Å². The summed E-state index contributed by atoms with van der Waals surface area (Å²) in [4.78, 5) is 0. The van der Waals surface area contributed by atoms with E-state index in [-0.39, 0.29) is 25.0 Å². The van der Waals surface area contributed by atoms with Crippen LogP contribution in [-0.2, 0) is 28.4 Å². The van der Waals surface area contributed by atoms with E-state index in [0.717, 1.165) is 6.08 Å². The Hall–Kier alpha value is -0.910. The van der Waals surface area contributed by atoms with Crippen LogP contribution in [0.2, 0.25) is 0 Å². The molecule has 3 fully saturated rings. The van der Waals surface area contributed by atoms with E-state index in [1.165, 1.54) is 0 Å². The number of aliphatic hydroxyl groups excluding tert-OH is 8. The molecule has 3 aliphatic heterocycles. The SMILES string of the molecule is [CH+]=CCOC1O[C@@H](CO)[C@@H](O)C(OC2O[C@@H](CO)[C@@H](C)[C@H](C)[C@@H]2O)C1OC1OC(CO)[C@H](O)[C@H](O)[C@H]1O. The molecule has 3 aliphatic rings. The van der Waals surface area contributed by atoms with Gasteiger partial charge in [-0.1, -0.05) is 13.8 Å². The average Bonchev–Trinajstić information content (AvgIpc) is 2.90. The summed E-state index contributed by atoms with van der Waals surface area (Å²) in [5, 5.41) is 81.5. The van der Waals surface area contributed by atoms with Gasteiger partial charge < -0.3 is 69.3 Å². The Morgan fingerprint density at radius 1 is 0.622 bits per heavy atom. The molecule has 0 bridgehead atoms. The third kappa shape index (κ3) is 6.47. The first-order valence-electron chi connectivity index (χ1n) is 12.2. The van der Waals surface area contributed by atoms with Crippen LogP contribution >= 0.6 is 0 Å². The normalized spacial score (nSPS) is 49.1. The third-order valence-corrected chi connectivity index (χ3v) is 7.31. The zero-order valence-electron chi connectivity index (χ0n) is 20.7. The number of rotatable bonds is 10. The second kappa shape index (κ2) is 13.4. The topological polar surface area (TPSA) is 217 Å². The fourth-order valence-corrected chi connectivity index (χ4v) is 4.71. The Balaban J connectivity index is 1.91. The van der Waals surface area contributed by atoms with Gasteiger partial charge in [-0.2, -0.15) is 0 Å². The van der Waals surface area contributed by atoms with Crippen LogP contribution in [0.5, 0.6) is 0 Å². The minimum Gasteiger partial charge on any atom is -0.394 e. The largest absolute Gasteiger partial charge is 0.394 e. The molecule has 15 atom stereocenters. The average molecular weight is 540 g/mol. The van der Waals surface area contributed by atoms with Crippen molar-refractivity contribution in [2.75, 3.05) is 26.4 Å². The Morgan fingerprint density at radius 3 is 1.73 bits per heavy atom. The van der Waals surface area contributed by atoms with Crippen molar-refractivity contribution < 1.29 is 69.3 Å². The zero-order chi connectivity index (χ0) is 27.4. The molecule has 0 spiro atoms. The second-order valence-corrected chi connectivity index (χ2v) is 9.62. The van der Waals surface area contributed by atoms with Gasteiger partial charge in [-0.25, -0.2) is 0 Å². The molecule has 0 saturated carbocycles. The Morgan fingerprint density at radius 2 is 1.14 bits per heavy atom. The van der Waals surface area contributed by atoms with E-state index in [1.807, 2.05) is 0 Å². The fourth-order valence-electron chi connectivity index (χ4n) is 4.71. The van der Waals surface area contributed by atoms with Crippen LogP contribution in [0.25, 0.3) is 0 Å². The minimum absolute atomic E-state index is 0.163. The summed E-state index contributed by atoms with van der Waals surface area (Å²) >= 11 is 0. The van der Waals surface area contributed by atoms with Crippen LogP contribution in [0.4, 0.5) is 0 Å². The predicted molar refractivity (Wildman–Crippen MR) is 120 cm³/mol. The summed E-state index contributed by atoms with van der Waals surface area (Å²) in [6.07, 6.45) is -17.2. The van der Waals surface area contributed by atoms with Crippen LogP contribution < -0.4 is 0 Å². The number of hydrogen-bond acceptors (Lipinski definition) is 14. The van der Waals surface area contributed by atoms with Crippen molar-refractivity contribution >= 4 is 0 Å².